The van der Waals surface area contributed by atoms with Crippen molar-refractivity contribution in [2.24, 2.45) is 0 Å². The third-order valence-corrected chi connectivity index (χ3v) is 5.81. The standard InChI is InChI=1S/C22H15N3O2S/c1-27-22-24-20(15-8-2-4-11-17(15)26)23-21(25-22)16-10-6-9-14-13-7-3-5-12-18(13)28-19(14)16/h2-12,26H,1H3. The number of fused-ring (bicyclic) bond motifs is 3. The van der Waals surface area contributed by atoms with Gasteiger partial charge < -0.3 is 9.84 Å². The van der Waals surface area contributed by atoms with E-state index in [4.69, 9.17) is 4.74 Å². The van der Waals surface area contributed by atoms with E-state index in [0.717, 1.165) is 10.3 Å². The van der Waals surface area contributed by atoms with Crippen molar-refractivity contribution in [3.8, 4) is 34.5 Å². The van der Waals surface area contributed by atoms with Crippen LogP contribution in [0.15, 0.2) is 66.7 Å². The van der Waals surface area contributed by atoms with Crippen LogP contribution in [0, 0.1) is 0 Å². The predicted molar refractivity (Wildman–Crippen MR) is 112 cm³/mol. The van der Waals surface area contributed by atoms with Crippen LogP contribution in [0.1, 0.15) is 0 Å². The fraction of sp³-hybridized carbons (Fsp3) is 0.0455. The van der Waals surface area contributed by atoms with E-state index in [9.17, 15) is 5.11 Å². The Morgan fingerprint density at radius 3 is 2.25 bits per heavy atom. The molecule has 0 aliphatic heterocycles. The van der Waals surface area contributed by atoms with Crippen LogP contribution in [-0.2, 0) is 0 Å². The Hall–Kier alpha value is -3.51. The van der Waals surface area contributed by atoms with Crippen molar-refractivity contribution in [3.05, 3.63) is 66.7 Å². The van der Waals surface area contributed by atoms with Crippen molar-refractivity contribution in [2.45, 2.75) is 0 Å². The number of phenols is 1. The predicted octanol–water partition coefficient (Wildman–Crippen LogP) is 5.29. The van der Waals surface area contributed by atoms with Gasteiger partial charge in [0.1, 0.15) is 5.75 Å². The van der Waals surface area contributed by atoms with Gasteiger partial charge >= 0.3 is 6.01 Å². The molecule has 0 atom stereocenters. The number of aromatic nitrogens is 3. The van der Waals surface area contributed by atoms with Gasteiger partial charge in [0.25, 0.3) is 0 Å². The quantitative estimate of drug-likeness (QED) is 0.457. The van der Waals surface area contributed by atoms with E-state index in [1.807, 2.05) is 30.3 Å². The number of hydrogen-bond donors (Lipinski definition) is 1. The number of phenolic OH excluding ortho intramolecular Hbond substituents is 1. The van der Waals surface area contributed by atoms with E-state index in [0.29, 0.717) is 17.2 Å². The SMILES string of the molecule is COc1nc(-c2ccccc2O)nc(-c2cccc3c2sc2ccccc23)n1. The normalized spacial score (nSPS) is 11.2. The highest BCUT2D eigenvalue weighted by molar-refractivity contribution is 7.26. The first-order chi connectivity index (χ1) is 13.7. The Bertz CT molecular complexity index is 1330. The highest BCUT2D eigenvalue weighted by Gasteiger charge is 2.16. The third-order valence-electron chi connectivity index (χ3n) is 4.59. The minimum atomic E-state index is 0.113. The lowest BCUT2D eigenvalue weighted by atomic mass is 10.1. The topological polar surface area (TPSA) is 68.1 Å². The number of nitrogens with zero attached hydrogens (tertiary/aromatic N) is 3. The summed E-state index contributed by atoms with van der Waals surface area (Å²) < 4.78 is 7.63. The number of thiophene rings is 1. The fourth-order valence-corrected chi connectivity index (χ4v) is 4.49. The van der Waals surface area contributed by atoms with E-state index in [-0.39, 0.29) is 11.8 Å². The van der Waals surface area contributed by atoms with Gasteiger partial charge in [-0.1, -0.05) is 42.5 Å². The van der Waals surface area contributed by atoms with Gasteiger partial charge in [-0.3, -0.25) is 0 Å². The molecule has 0 saturated carbocycles. The zero-order chi connectivity index (χ0) is 19.1. The lowest BCUT2D eigenvalue weighted by Crippen LogP contribution is -2.00. The van der Waals surface area contributed by atoms with Gasteiger partial charge in [0, 0.05) is 25.7 Å². The van der Waals surface area contributed by atoms with Crippen LogP contribution in [0.3, 0.4) is 0 Å². The summed E-state index contributed by atoms with van der Waals surface area (Å²) in [4.78, 5) is 13.5. The molecule has 2 aromatic heterocycles. The number of ether oxygens (including phenoxy) is 1. The molecule has 0 aliphatic rings. The van der Waals surface area contributed by atoms with Crippen LogP contribution >= 0.6 is 11.3 Å². The monoisotopic (exact) mass is 385 g/mol. The number of methoxy groups -OCH3 is 1. The summed E-state index contributed by atoms with van der Waals surface area (Å²) in [5.74, 6) is 1.00. The summed E-state index contributed by atoms with van der Waals surface area (Å²) in [6.45, 7) is 0. The van der Waals surface area contributed by atoms with E-state index >= 15 is 0 Å². The number of benzene rings is 3. The fourth-order valence-electron chi connectivity index (χ4n) is 3.27. The molecule has 2 heterocycles. The first-order valence-electron chi connectivity index (χ1n) is 8.73. The molecular formula is C22H15N3O2S. The van der Waals surface area contributed by atoms with Crippen molar-refractivity contribution >= 4 is 31.5 Å². The molecule has 6 heteroatoms. The van der Waals surface area contributed by atoms with Gasteiger partial charge in [0.2, 0.25) is 0 Å². The van der Waals surface area contributed by atoms with Crippen LogP contribution < -0.4 is 4.74 Å². The van der Waals surface area contributed by atoms with Gasteiger partial charge in [-0.2, -0.15) is 9.97 Å². The number of rotatable bonds is 3. The molecule has 1 N–H and O–H groups in total. The maximum atomic E-state index is 10.2. The van der Waals surface area contributed by atoms with E-state index in [1.165, 1.54) is 22.6 Å². The summed E-state index contributed by atoms with van der Waals surface area (Å²) in [5.41, 5.74) is 1.45. The van der Waals surface area contributed by atoms with E-state index in [1.54, 1.807) is 29.5 Å². The molecule has 0 radical (unpaired) electrons. The van der Waals surface area contributed by atoms with Crippen LogP contribution in [0.25, 0.3) is 42.9 Å². The minimum absolute atomic E-state index is 0.113. The van der Waals surface area contributed by atoms with Gasteiger partial charge in [0.05, 0.1) is 12.7 Å². The zero-order valence-electron chi connectivity index (χ0n) is 15.0. The average molecular weight is 385 g/mol. The summed E-state index contributed by atoms with van der Waals surface area (Å²) in [7, 11) is 1.52. The maximum absolute atomic E-state index is 10.2. The maximum Gasteiger partial charge on any atom is 0.320 e. The second kappa shape index (κ2) is 6.58. The third kappa shape index (κ3) is 2.66. The second-order valence-electron chi connectivity index (χ2n) is 6.27. The first kappa shape index (κ1) is 16.6. The zero-order valence-corrected chi connectivity index (χ0v) is 15.8. The molecule has 136 valence electrons. The second-order valence-corrected chi connectivity index (χ2v) is 7.32. The molecule has 0 spiro atoms. The van der Waals surface area contributed by atoms with Crippen molar-refractivity contribution in [1.29, 1.82) is 0 Å². The van der Waals surface area contributed by atoms with Gasteiger partial charge in [-0.25, -0.2) is 4.98 Å². The van der Waals surface area contributed by atoms with Crippen molar-refractivity contribution in [1.82, 2.24) is 15.0 Å². The van der Waals surface area contributed by atoms with E-state index < -0.39 is 0 Å². The van der Waals surface area contributed by atoms with Crippen LogP contribution in [0.2, 0.25) is 0 Å². The molecule has 5 aromatic rings. The summed E-state index contributed by atoms with van der Waals surface area (Å²) >= 11 is 1.71. The molecule has 0 bridgehead atoms. The van der Waals surface area contributed by atoms with Crippen molar-refractivity contribution in [2.75, 3.05) is 7.11 Å². The largest absolute Gasteiger partial charge is 0.507 e. The van der Waals surface area contributed by atoms with Crippen LogP contribution in [0.5, 0.6) is 11.8 Å². The average Bonchev–Trinajstić information content (AvgIpc) is 3.12. The molecule has 5 rings (SSSR count). The highest BCUT2D eigenvalue weighted by atomic mass is 32.1. The lowest BCUT2D eigenvalue weighted by molar-refractivity contribution is 0.379. The minimum Gasteiger partial charge on any atom is -0.507 e. The molecule has 0 saturated heterocycles. The van der Waals surface area contributed by atoms with Crippen molar-refractivity contribution < 1.29 is 9.84 Å². The molecular weight excluding hydrogens is 370 g/mol. The first-order valence-corrected chi connectivity index (χ1v) is 9.55. The molecule has 3 aromatic carbocycles. The Labute approximate surface area is 164 Å². The molecule has 0 unspecified atom stereocenters. The summed E-state index contributed by atoms with van der Waals surface area (Å²) in [6.07, 6.45) is 0. The van der Waals surface area contributed by atoms with Crippen molar-refractivity contribution in [3.63, 3.8) is 0 Å². The Morgan fingerprint density at radius 2 is 1.43 bits per heavy atom. The molecule has 28 heavy (non-hydrogen) atoms. The Kier molecular flexibility index (Phi) is 3.91. The van der Waals surface area contributed by atoms with Gasteiger partial charge in [-0.05, 0) is 24.3 Å². The number of aromatic hydroxyl groups is 1. The van der Waals surface area contributed by atoms with Gasteiger partial charge in [0.15, 0.2) is 11.6 Å². The highest BCUT2D eigenvalue weighted by Crippen LogP contribution is 2.39. The van der Waals surface area contributed by atoms with Crippen LogP contribution in [0.4, 0.5) is 0 Å². The lowest BCUT2D eigenvalue weighted by Gasteiger charge is -2.08. The molecule has 0 amide bonds. The molecule has 0 aliphatic carbocycles. The smallest absolute Gasteiger partial charge is 0.320 e. The number of hydrogen-bond acceptors (Lipinski definition) is 6. The summed E-state index contributed by atoms with van der Waals surface area (Å²) in [6, 6.07) is 21.6. The van der Waals surface area contributed by atoms with E-state index in [2.05, 4.69) is 33.2 Å². The Balaban J connectivity index is 1.78. The Morgan fingerprint density at radius 1 is 0.750 bits per heavy atom. The molecule has 0 fully saturated rings. The molecule has 5 nitrogen and oxygen atoms in total. The van der Waals surface area contributed by atoms with Crippen LogP contribution in [-0.4, -0.2) is 27.2 Å². The number of para-hydroxylation sites is 1. The summed E-state index contributed by atoms with van der Waals surface area (Å²) in [5, 5.41) is 12.6. The van der Waals surface area contributed by atoms with Gasteiger partial charge in [-0.15, -0.1) is 11.3 Å².